The molecule has 1 atom stereocenters. The highest BCUT2D eigenvalue weighted by molar-refractivity contribution is 6.30. The van der Waals surface area contributed by atoms with E-state index in [4.69, 9.17) is 11.6 Å². The van der Waals surface area contributed by atoms with E-state index in [1.807, 2.05) is 12.1 Å². The van der Waals surface area contributed by atoms with Gasteiger partial charge in [-0.25, -0.2) is 0 Å². The van der Waals surface area contributed by atoms with Crippen LogP contribution in [0.4, 0.5) is 0 Å². The van der Waals surface area contributed by atoms with Crippen molar-refractivity contribution in [3.63, 3.8) is 0 Å². The zero-order chi connectivity index (χ0) is 15.7. The molecule has 0 aromatic heterocycles. The fraction of sp³-hybridized carbons (Fsp3) is 0.684. The summed E-state index contributed by atoms with van der Waals surface area (Å²) in [5, 5.41) is 4.72. The Morgan fingerprint density at radius 2 is 1.62 bits per heavy atom. The molecule has 1 unspecified atom stereocenters. The smallest absolute Gasteiger partial charge is 0.0406 e. The minimum absolute atomic E-state index is 0.428. The second kappa shape index (κ2) is 6.30. The molecule has 0 spiro atoms. The van der Waals surface area contributed by atoms with Crippen molar-refractivity contribution in [2.24, 2.45) is 10.8 Å². The largest absolute Gasteiger partial charge is 0.307 e. The zero-order valence-corrected chi connectivity index (χ0v) is 14.9. The van der Waals surface area contributed by atoms with E-state index in [1.165, 1.54) is 24.8 Å². The van der Waals surface area contributed by atoms with Crippen molar-refractivity contribution in [3.8, 4) is 0 Å². The highest BCUT2D eigenvalue weighted by atomic mass is 35.5. The van der Waals surface area contributed by atoms with Gasteiger partial charge in [0.25, 0.3) is 0 Å². The molecule has 1 N–H and O–H groups in total. The lowest BCUT2D eigenvalue weighted by molar-refractivity contribution is 0.0799. The van der Waals surface area contributed by atoms with E-state index >= 15 is 0 Å². The third-order valence-corrected chi connectivity index (χ3v) is 4.92. The standard InChI is InChI=1S/C19H30ClN/c1-6-17(14-7-9-15(20)10-8-14)21-16-11-18(2,3)13-19(4,5)12-16/h7-10,16-17,21H,6,11-13H2,1-5H3. The normalized spacial score (nSPS) is 23.0. The molecule has 2 heteroatoms. The topological polar surface area (TPSA) is 12.0 Å². The number of hydrogen-bond acceptors (Lipinski definition) is 1. The summed E-state index contributed by atoms with van der Waals surface area (Å²) in [6, 6.07) is 9.33. The van der Waals surface area contributed by atoms with Crippen molar-refractivity contribution in [2.75, 3.05) is 0 Å². The Kier molecular flexibility index (Phi) is 5.05. The van der Waals surface area contributed by atoms with E-state index in [2.05, 4.69) is 52.1 Å². The molecule has 1 fully saturated rings. The Hall–Kier alpha value is -0.530. The van der Waals surface area contributed by atoms with E-state index < -0.39 is 0 Å². The van der Waals surface area contributed by atoms with Gasteiger partial charge >= 0.3 is 0 Å². The van der Waals surface area contributed by atoms with Crippen LogP contribution in [0.2, 0.25) is 5.02 Å². The van der Waals surface area contributed by atoms with Crippen LogP contribution in [0.5, 0.6) is 0 Å². The second-order valence-corrected chi connectivity index (χ2v) is 8.73. The minimum Gasteiger partial charge on any atom is -0.307 e. The maximum atomic E-state index is 6.01. The van der Waals surface area contributed by atoms with Gasteiger partial charge in [-0.1, -0.05) is 58.4 Å². The van der Waals surface area contributed by atoms with E-state index in [-0.39, 0.29) is 0 Å². The van der Waals surface area contributed by atoms with E-state index in [9.17, 15) is 0 Å². The van der Waals surface area contributed by atoms with Crippen LogP contribution in [0.3, 0.4) is 0 Å². The van der Waals surface area contributed by atoms with Gasteiger partial charge in [0.15, 0.2) is 0 Å². The summed E-state index contributed by atoms with van der Waals surface area (Å²) >= 11 is 6.01. The molecule has 21 heavy (non-hydrogen) atoms. The molecule has 1 aromatic rings. The SMILES string of the molecule is CCC(NC1CC(C)(C)CC(C)(C)C1)c1ccc(Cl)cc1. The zero-order valence-electron chi connectivity index (χ0n) is 14.2. The number of benzene rings is 1. The van der Waals surface area contributed by atoms with E-state index in [0.29, 0.717) is 22.9 Å². The highest BCUT2D eigenvalue weighted by Gasteiger charge is 2.38. The molecule has 1 nitrogen and oxygen atoms in total. The molecule has 2 rings (SSSR count). The van der Waals surface area contributed by atoms with Gasteiger partial charge in [-0.3, -0.25) is 0 Å². The maximum Gasteiger partial charge on any atom is 0.0406 e. The summed E-state index contributed by atoms with van der Waals surface area (Å²) < 4.78 is 0. The van der Waals surface area contributed by atoms with Gasteiger partial charge in [0.1, 0.15) is 0 Å². The first-order chi connectivity index (χ1) is 9.71. The second-order valence-electron chi connectivity index (χ2n) is 8.29. The molecular weight excluding hydrogens is 278 g/mol. The van der Waals surface area contributed by atoms with Crippen LogP contribution in [-0.2, 0) is 0 Å². The summed E-state index contributed by atoms with van der Waals surface area (Å²) in [5.41, 5.74) is 2.21. The predicted molar refractivity (Wildman–Crippen MR) is 92.8 cm³/mol. The lowest BCUT2D eigenvalue weighted by Crippen LogP contribution is -2.45. The fourth-order valence-electron chi connectivity index (χ4n) is 4.39. The molecule has 0 aliphatic heterocycles. The molecular formula is C19H30ClN. The van der Waals surface area contributed by atoms with E-state index in [1.54, 1.807) is 0 Å². The van der Waals surface area contributed by atoms with Gasteiger partial charge in [0, 0.05) is 17.1 Å². The van der Waals surface area contributed by atoms with Gasteiger partial charge < -0.3 is 5.32 Å². The van der Waals surface area contributed by atoms with Crippen LogP contribution in [0, 0.1) is 10.8 Å². The van der Waals surface area contributed by atoms with Gasteiger partial charge in [-0.2, -0.15) is 0 Å². The predicted octanol–water partition coefficient (Wildman–Crippen LogP) is 5.99. The molecule has 1 saturated carbocycles. The monoisotopic (exact) mass is 307 g/mol. The van der Waals surface area contributed by atoms with Gasteiger partial charge in [-0.15, -0.1) is 0 Å². The van der Waals surface area contributed by atoms with Crippen molar-refractivity contribution < 1.29 is 0 Å². The quantitative estimate of drug-likeness (QED) is 0.721. The van der Waals surface area contributed by atoms with Gasteiger partial charge in [0.05, 0.1) is 0 Å². The highest BCUT2D eigenvalue weighted by Crippen LogP contribution is 2.46. The van der Waals surface area contributed by atoms with Crippen LogP contribution >= 0.6 is 11.6 Å². The van der Waals surface area contributed by atoms with Crippen LogP contribution in [0.25, 0.3) is 0 Å². The van der Waals surface area contributed by atoms with Crippen molar-refractivity contribution in [1.29, 1.82) is 0 Å². The molecule has 118 valence electrons. The summed E-state index contributed by atoms with van der Waals surface area (Å²) in [7, 11) is 0. The number of halogens is 1. The molecule has 1 aliphatic carbocycles. The molecule has 0 amide bonds. The summed E-state index contributed by atoms with van der Waals surface area (Å²) in [6.45, 7) is 11.9. The summed E-state index contributed by atoms with van der Waals surface area (Å²) in [5.74, 6) is 0. The molecule has 0 bridgehead atoms. The Bertz CT molecular complexity index is 445. The average Bonchev–Trinajstić information content (AvgIpc) is 2.33. The van der Waals surface area contributed by atoms with Gasteiger partial charge in [-0.05, 0) is 54.2 Å². The van der Waals surface area contributed by atoms with Crippen molar-refractivity contribution >= 4 is 11.6 Å². The third kappa shape index (κ3) is 4.72. The molecule has 0 radical (unpaired) electrons. The van der Waals surface area contributed by atoms with Crippen LogP contribution in [-0.4, -0.2) is 6.04 Å². The Labute approximate surface area is 135 Å². The summed E-state index contributed by atoms with van der Waals surface area (Å²) in [4.78, 5) is 0. The Morgan fingerprint density at radius 3 is 2.10 bits per heavy atom. The molecule has 1 aliphatic rings. The third-order valence-electron chi connectivity index (χ3n) is 4.67. The first-order valence-electron chi connectivity index (χ1n) is 8.22. The van der Waals surface area contributed by atoms with Gasteiger partial charge in [0.2, 0.25) is 0 Å². The molecule has 0 heterocycles. The lowest BCUT2D eigenvalue weighted by atomic mass is 9.63. The number of rotatable bonds is 4. The summed E-state index contributed by atoms with van der Waals surface area (Å²) in [6.07, 6.45) is 4.95. The number of hydrogen-bond donors (Lipinski definition) is 1. The fourth-order valence-corrected chi connectivity index (χ4v) is 4.52. The first kappa shape index (κ1) is 16.8. The maximum absolute atomic E-state index is 6.01. The van der Waals surface area contributed by atoms with Crippen LogP contribution in [0.15, 0.2) is 24.3 Å². The average molecular weight is 308 g/mol. The van der Waals surface area contributed by atoms with Crippen molar-refractivity contribution in [2.45, 2.75) is 72.4 Å². The minimum atomic E-state index is 0.428. The van der Waals surface area contributed by atoms with Crippen molar-refractivity contribution in [3.05, 3.63) is 34.9 Å². The van der Waals surface area contributed by atoms with Crippen molar-refractivity contribution in [1.82, 2.24) is 5.32 Å². The molecule has 0 saturated heterocycles. The van der Waals surface area contributed by atoms with Crippen LogP contribution < -0.4 is 5.32 Å². The van der Waals surface area contributed by atoms with Crippen LogP contribution in [0.1, 0.15) is 71.9 Å². The van der Waals surface area contributed by atoms with E-state index in [0.717, 1.165) is 11.4 Å². The Balaban J connectivity index is 2.09. The Morgan fingerprint density at radius 1 is 1.10 bits per heavy atom. The number of nitrogens with one attached hydrogen (secondary N) is 1. The first-order valence-corrected chi connectivity index (χ1v) is 8.60. The molecule has 1 aromatic carbocycles. The lowest BCUT2D eigenvalue weighted by Gasteiger charge is -2.46.